The Balaban J connectivity index is 1.68. The van der Waals surface area contributed by atoms with Crippen LogP contribution >= 0.6 is 0 Å². The summed E-state index contributed by atoms with van der Waals surface area (Å²) in [7, 11) is -3.31. The Morgan fingerprint density at radius 2 is 1.67 bits per heavy atom. The van der Waals surface area contributed by atoms with Crippen LogP contribution in [0.15, 0.2) is 89.3 Å². The van der Waals surface area contributed by atoms with E-state index in [0.29, 0.717) is 16.8 Å². The van der Waals surface area contributed by atoms with E-state index >= 15 is 0 Å². The van der Waals surface area contributed by atoms with Gasteiger partial charge in [0.15, 0.2) is 9.84 Å². The van der Waals surface area contributed by atoms with Gasteiger partial charge in [-0.2, -0.15) is 10.2 Å². The van der Waals surface area contributed by atoms with Crippen LogP contribution in [0, 0.1) is 6.92 Å². The third kappa shape index (κ3) is 5.21. The van der Waals surface area contributed by atoms with Gasteiger partial charge in [-0.15, -0.1) is 0 Å². The Morgan fingerprint density at radius 3 is 2.30 bits per heavy atom. The fourth-order valence-electron chi connectivity index (χ4n) is 3.12. The summed E-state index contributed by atoms with van der Waals surface area (Å²) in [5.74, 6) is -0.362. The fraction of sp³-hybridized carbons (Fsp3) is 0.0833. The van der Waals surface area contributed by atoms with Crippen LogP contribution in [0.4, 0.5) is 0 Å². The van der Waals surface area contributed by atoms with E-state index in [1.165, 1.54) is 18.6 Å². The first-order valence-electron chi connectivity index (χ1n) is 10.0. The van der Waals surface area contributed by atoms with E-state index in [2.05, 4.69) is 20.6 Å². The average molecular weight is 460 g/mol. The Kier molecular flexibility index (Phi) is 6.14. The largest absolute Gasteiger partial charge is 0.271 e. The van der Waals surface area contributed by atoms with Crippen molar-refractivity contribution < 1.29 is 13.2 Å². The van der Waals surface area contributed by atoms with Crippen LogP contribution < -0.4 is 5.43 Å². The van der Waals surface area contributed by atoms with Crippen LogP contribution in [-0.4, -0.2) is 41.6 Å². The molecule has 4 aromatic rings. The number of benzene rings is 2. The van der Waals surface area contributed by atoms with E-state index in [4.69, 9.17) is 0 Å². The van der Waals surface area contributed by atoms with E-state index in [1.54, 1.807) is 47.3 Å². The van der Waals surface area contributed by atoms with Crippen LogP contribution in [0.2, 0.25) is 0 Å². The number of hydrazone groups is 1. The van der Waals surface area contributed by atoms with Crippen molar-refractivity contribution >= 4 is 22.0 Å². The van der Waals surface area contributed by atoms with Crippen molar-refractivity contribution in [1.82, 2.24) is 20.2 Å². The van der Waals surface area contributed by atoms with Gasteiger partial charge in [-0.1, -0.05) is 29.8 Å². The third-order valence-electron chi connectivity index (χ3n) is 4.91. The van der Waals surface area contributed by atoms with Crippen LogP contribution in [0.25, 0.3) is 16.9 Å². The molecule has 0 atom stereocenters. The summed E-state index contributed by atoms with van der Waals surface area (Å²) in [5, 5.41) is 8.77. The molecule has 166 valence electrons. The van der Waals surface area contributed by atoms with Crippen LogP contribution in [0.1, 0.15) is 21.5 Å². The van der Waals surface area contributed by atoms with Gasteiger partial charge in [-0.25, -0.2) is 18.5 Å². The van der Waals surface area contributed by atoms with E-state index in [-0.39, 0.29) is 10.8 Å². The maximum Gasteiger partial charge on any atom is 0.271 e. The second-order valence-corrected chi connectivity index (χ2v) is 9.46. The number of aryl methyl sites for hydroxylation is 1. The molecule has 0 aliphatic rings. The SMILES string of the molecule is Cc1ccc(-n2cc(/C=N/NC(=O)c3ccncc3)c(-c3ccc(S(C)(=O)=O)cc3)n2)cc1. The second-order valence-electron chi connectivity index (χ2n) is 7.44. The van der Waals surface area contributed by atoms with Crippen molar-refractivity contribution in [3.8, 4) is 16.9 Å². The number of sulfone groups is 1. The van der Waals surface area contributed by atoms with Crippen molar-refractivity contribution in [3.63, 3.8) is 0 Å². The molecule has 33 heavy (non-hydrogen) atoms. The molecule has 9 heteroatoms. The highest BCUT2D eigenvalue weighted by atomic mass is 32.2. The van der Waals surface area contributed by atoms with E-state index in [9.17, 15) is 13.2 Å². The fourth-order valence-corrected chi connectivity index (χ4v) is 3.75. The second kappa shape index (κ2) is 9.17. The molecule has 2 heterocycles. The molecule has 0 radical (unpaired) electrons. The van der Waals surface area contributed by atoms with Crippen LogP contribution in [0.3, 0.4) is 0 Å². The number of pyridine rings is 1. The Morgan fingerprint density at radius 1 is 1.00 bits per heavy atom. The van der Waals surface area contributed by atoms with Gasteiger partial charge in [0.1, 0.15) is 5.69 Å². The van der Waals surface area contributed by atoms with Gasteiger partial charge in [0, 0.05) is 41.5 Å². The van der Waals surface area contributed by atoms with E-state index in [1.807, 2.05) is 31.2 Å². The number of amides is 1. The Hall–Kier alpha value is -4.11. The lowest BCUT2D eigenvalue weighted by atomic mass is 10.1. The zero-order valence-corrected chi connectivity index (χ0v) is 18.8. The molecule has 0 saturated carbocycles. The summed E-state index contributed by atoms with van der Waals surface area (Å²) in [6, 6.07) is 17.5. The van der Waals surface area contributed by atoms with Crippen LogP contribution in [0.5, 0.6) is 0 Å². The minimum atomic E-state index is -3.31. The lowest BCUT2D eigenvalue weighted by molar-refractivity contribution is 0.0955. The molecule has 2 aromatic heterocycles. The Bertz CT molecular complexity index is 1410. The normalized spacial score (nSPS) is 11.6. The Labute approximate surface area is 191 Å². The number of carbonyl (C=O) groups excluding carboxylic acids is 1. The molecular formula is C24H21N5O3S. The summed E-state index contributed by atoms with van der Waals surface area (Å²) in [6.07, 6.45) is 7.53. The highest BCUT2D eigenvalue weighted by Gasteiger charge is 2.13. The molecule has 0 bridgehead atoms. The maximum atomic E-state index is 12.2. The minimum absolute atomic E-state index is 0.226. The standard InChI is InChI=1S/C24H21N5O3S/c1-17-3-7-21(8-4-17)29-16-20(15-26-27-24(30)19-11-13-25-14-12-19)23(28-29)18-5-9-22(10-6-18)33(2,31)32/h3-16H,1-2H3,(H,27,30)/b26-15+. The van der Waals surface area contributed by atoms with Crippen molar-refractivity contribution in [2.45, 2.75) is 11.8 Å². The van der Waals surface area contributed by atoms with E-state index in [0.717, 1.165) is 23.1 Å². The van der Waals surface area contributed by atoms with Gasteiger partial charge in [0.05, 0.1) is 16.8 Å². The van der Waals surface area contributed by atoms with Gasteiger partial charge >= 0.3 is 0 Å². The summed E-state index contributed by atoms with van der Waals surface area (Å²) in [5.41, 5.74) is 6.88. The number of nitrogens with one attached hydrogen (secondary N) is 1. The lowest BCUT2D eigenvalue weighted by Gasteiger charge is -2.03. The first kappa shape index (κ1) is 22.1. The molecule has 2 aromatic carbocycles. The molecule has 0 aliphatic heterocycles. The summed E-state index contributed by atoms with van der Waals surface area (Å²) in [4.78, 5) is 16.4. The summed E-state index contributed by atoms with van der Waals surface area (Å²) >= 11 is 0. The van der Waals surface area contributed by atoms with Crippen molar-refractivity contribution in [2.24, 2.45) is 5.10 Å². The van der Waals surface area contributed by atoms with E-state index < -0.39 is 9.84 Å². The summed E-state index contributed by atoms with van der Waals surface area (Å²) < 4.78 is 25.3. The molecule has 0 fully saturated rings. The number of rotatable bonds is 6. The molecule has 4 rings (SSSR count). The zero-order chi connectivity index (χ0) is 23.4. The molecule has 0 aliphatic carbocycles. The van der Waals surface area contributed by atoms with Gasteiger partial charge < -0.3 is 0 Å². The molecular weight excluding hydrogens is 438 g/mol. The highest BCUT2D eigenvalue weighted by Crippen LogP contribution is 2.24. The van der Waals surface area contributed by atoms with Crippen molar-refractivity contribution in [1.29, 1.82) is 0 Å². The molecule has 0 unspecified atom stereocenters. The van der Waals surface area contributed by atoms with Crippen molar-refractivity contribution in [3.05, 3.63) is 95.9 Å². The number of hydrogen-bond acceptors (Lipinski definition) is 6. The smallest absolute Gasteiger partial charge is 0.267 e. The van der Waals surface area contributed by atoms with Gasteiger partial charge in [-0.3, -0.25) is 9.78 Å². The van der Waals surface area contributed by atoms with Gasteiger partial charge in [-0.05, 0) is 43.3 Å². The predicted octanol–water partition coefficient (Wildman–Crippen LogP) is 3.41. The monoisotopic (exact) mass is 459 g/mol. The van der Waals surface area contributed by atoms with Crippen molar-refractivity contribution in [2.75, 3.05) is 6.26 Å². The zero-order valence-electron chi connectivity index (χ0n) is 18.0. The molecule has 1 amide bonds. The first-order chi connectivity index (χ1) is 15.8. The molecule has 1 N–H and O–H groups in total. The number of nitrogens with zero attached hydrogens (tertiary/aromatic N) is 4. The number of hydrogen-bond donors (Lipinski definition) is 1. The lowest BCUT2D eigenvalue weighted by Crippen LogP contribution is -2.17. The van der Waals surface area contributed by atoms with Crippen LogP contribution in [-0.2, 0) is 9.84 Å². The average Bonchev–Trinajstić information content (AvgIpc) is 3.23. The molecule has 8 nitrogen and oxygen atoms in total. The first-order valence-corrected chi connectivity index (χ1v) is 11.9. The third-order valence-corrected chi connectivity index (χ3v) is 6.04. The predicted molar refractivity (Wildman–Crippen MR) is 126 cm³/mol. The quantitative estimate of drug-likeness (QED) is 0.351. The minimum Gasteiger partial charge on any atom is -0.267 e. The topological polar surface area (TPSA) is 106 Å². The maximum absolute atomic E-state index is 12.2. The van der Waals surface area contributed by atoms with Gasteiger partial charge in [0.2, 0.25) is 0 Å². The number of carbonyl (C=O) groups is 1. The van der Waals surface area contributed by atoms with Gasteiger partial charge in [0.25, 0.3) is 5.91 Å². The molecule has 0 saturated heterocycles. The molecule has 0 spiro atoms. The highest BCUT2D eigenvalue weighted by molar-refractivity contribution is 7.90. The number of aromatic nitrogens is 3. The summed E-state index contributed by atoms with van der Waals surface area (Å²) in [6.45, 7) is 2.01.